The zero-order valence-electron chi connectivity index (χ0n) is 9.74. The molecule has 0 aliphatic heterocycles. The van der Waals surface area contributed by atoms with Crippen LogP contribution < -0.4 is 22.7 Å². The highest BCUT2D eigenvalue weighted by atomic mass is 35.5. The van der Waals surface area contributed by atoms with E-state index in [-0.39, 0.29) is 30.8 Å². The summed E-state index contributed by atoms with van der Waals surface area (Å²) in [5, 5.41) is 15.2. The molecule has 1 rings (SSSR count). The van der Waals surface area contributed by atoms with Crippen molar-refractivity contribution in [3.05, 3.63) is 0 Å². The highest BCUT2D eigenvalue weighted by Gasteiger charge is 2.12. The van der Waals surface area contributed by atoms with Crippen LogP contribution in [0, 0.1) is 0 Å². The highest BCUT2D eigenvalue weighted by molar-refractivity contribution is 5.98. The van der Waals surface area contributed by atoms with Gasteiger partial charge in [-0.2, -0.15) is 15.7 Å². The molecule has 0 aromatic heterocycles. The van der Waals surface area contributed by atoms with E-state index in [1.54, 1.807) is 0 Å². The zero-order chi connectivity index (χ0) is 11.8. The maximum atomic E-state index is 5.18. The molecule has 0 heterocycles. The third kappa shape index (κ3) is 7.69. The van der Waals surface area contributed by atoms with Crippen LogP contribution in [0.25, 0.3) is 0 Å². The summed E-state index contributed by atoms with van der Waals surface area (Å²) in [7, 11) is 0. The van der Waals surface area contributed by atoms with E-state index in [2.05, 4.69) is 25.9 Å². The summed E-state index contributed by atoms with van der Waals surface area (Å²) < 4.78 is 0. The first-order valence-electron chi connectivity index (χ1n) is 4.90. The van der Waals surface area contributed by atoms with Crippen molar-refractivity contribution in [3.8, 4) is 0 Å². The molecule has 0 amide bonds. The second-order valence-electron chi connectivity index (χ2n) is 3.25. The minimum atomic E-state index is -0.0223. The highest BCUT2D eigenvalue weighted by Crippen LogP contribution is 2.13. The molecule has 0 aromatic rings. The van der Waals surface area contributed by atoms with E-state index in [0.29, 0.717) is 0 Å². The first-order valence-corrected chi connectivity index (χ1v) is 4.90. The minimum Gasteiger partial charge on any atom is -0.388 e. The van der Waals surface area contributed by atoms with Crippen LogP contribution in [0.1, 0.15) is 25.7 Å². The van der Waals surface area contributed by atoms with Crippen molar-refractivity contribution in [2.75, 3.05) is 0 Å². The first-order chi connectivity index (χ1) is 7.72. The third-order valence-corrected chi connectivity index (χ3v) is 2.05. The predicted octanol–water partition coefficient (Wildman–Crippen LogP) is -0.119. The molecule has 1 aliphatic carbocycles. The number of halogens is 2. The summed E-state index contributed by atoms with van der Waals surface area (Å²) >= 11 is 0. The van der Waals surface area contributed by atoms with Gasteiger partial charge in [0.2, 0.25) is 5.96 Å². The monoisotopic (exact) mass is 296 g/mol. The van der Waals surface area contributed by atoms with E-state index in [9.17, 15) is 0 Å². The Morgan fingerprint density at radius 1 is 1.06 bits per heavy atom. The average Bonchev–Trinajstić information content (AvgIpc) is 2.28. The number of hydrazone groups is 2. The third-order valence-electron chi connectivity index (χ3n) is 2.05. The summed E-state index contributed by atoms with van der Waals surface area (Å²) in [6.07, 6.45) is 4.42. The quantitative estimate of drug-likeness (QED) is 0.327. The molecule has 18 heavy (non-hydrogen) atoms. The second-order valence-corrected chi connectivity index (χ2v) is 3.25. The summed E-state index contributed by atoms with van der Waals surface area (Å²) in [5.41, 5.74) is 19.9. The lowest BCUT2D eigenvalue weighted by molar-refractivity contribution is 0.785. The van der Waals surface area contributed by atoms with Crippen LogP contribution in [0.2, 0.25) is 0 Å². The van der Waals surface area contributed by atoms with Crippen molar-refractivity contribution in [1.29, 1.82) is 0 Å². The average molecular weight is 297 g/mol. The summed E-state index contributed by atoms with van der Waals surface area (Å²) in [6.45, 7) is 0. The molecule has 0 spiro atoms. The second kappa shape index (κ2) is 10.6. The molecule has 0 bridgehead atoms. The van der Waals surface area contributed by atoms with Crippen LogP contribution in [-0.4, -0.2) is 23.7 Å². The Balaban J connectivity index is 0. The van der Waals surface area contributed by atoms with Gasteiger partial charge in [-0.3, -0.25) is 0 Å². The van der Waals surface area contributed by atoms with Gasteiger partial charge in [-0.1, -0.05) is 0 Å². The van der Waals surface area contributed by atoms with Crippen molar-refractivity contribution < 1.29 is 0 Å². The Morgan fingerprint density at radius 2 is 1.61 bits per heavy atom. The van der Waals surface area contributed by atoms with Crippen molar-refractivity contribution in [1.82, 2.24) is 5.53 Å². The fourth-order valence-corrected chi connectivity index (χ4v) is 1.30. The number of hydrogen-bond acceptors (Lipinski definition) is 5. The van der Waals surface area contributed by atoms with Gasteiger partial charge in [0, 0.05) is 11.4 Å². The van der Waals surface area contributed by atoms with Gasteiger partial charge in [-0.05, 0) is 25.7 Å². The predicted molar refractivity (Wildman–Crippen MR) is 79.5 cm³/mol. The molecule has 1 aliphatic rings. The standard InChI is InChI=1S/C8H16N8.2ClH/c9-5-12-16-14-7-3-1-6(2-4-7)13-15-8(10)11;;/h5,16H,1-4H2,(H2,9,12)(H4,10,11,15);2*1H. The topological polar surface area (TPSA) is 140 Å². The maximum Gasteiger partial charge on any atom is 0.211 e. The summed E-state index contributed by atoms with van der Waals surface area (Å²) in [4.78, 5) is 0. The van der Waals surface area contributed by atoms with E-state index >= 15 is 0 Å². The van der Waals surface area contributed by atoms with Crippen LogP contribution in [0.5, 0.6) is 0 Å². The maximum absolute atomic E-state index is 5.18. The molecule has 1 fully saturated rings. The summed E-state index contributed by atoms with van der Waals surface area (Å²) in [5.74, 6) is -0.0223. The smallest absolute Gasteiger partial charge is 0.211 e. The molecule has 0 aromatic carbocycles. The lowest BCUT2D eigenvalue weighted by Gasteiger charge is -2.13. The SMILES string of the molecule is Cl.Cl.N/C=N\NN=C1CCC(=NN=C(N)N)CC1. The van der Waals surface area contributed by atoms with Crippen LogP contribution >= 0.6 is 24.8 Å². The van der Waals surface area contributed by atoms with Gasteiger partial charge in [0.1, 0.15) is 6.34 Å². The molecule has 104 valence electrons. The normalized spacial score (nSPS) is 14.2. The van der Waals surface area contributed by atoms with Crippen molar-refractivity contribution >= 4 is 48.5 Å². The van der Waals surface area contributed by atoms with Gasteiger partial charge in [0.05, 0.1) is 0 Å². The van der Waals surface area contributed by atoms with E-state index in [1.165, 1.54) is 0 Å². The number of nitrogens with two attached hydrogens (primary N) is 3. The largest absolute Gasteiger partial charge is 0.388 e. The molecule has 0 unspecified atom stereocenters. The number of nitrogens with zero attached hydrogens (tertiary/aromatic N) is 4. The first kappa shape index (κ1) is 18.8. The van der Waals surface area contributed by atoms with Crippen LogP contribution in [0.4, 0.5) is 0 Å². The lowest BCUT2D eigenvalue weighted by Crippen LogP contribution is -2.22. The molecule has 8 nitrogen and oxygen atoms in total. The Hall–Kier alpha value is -1.54. The van der Waals surface area contributed by atoms with Gasteiger partial charge in [0.15, 0.2) is 0 Å². The van der Waals surface area contributed by atoms with E-state index in [1.807, 2.05) is 0 Å². The van der Waals surface area contributed by atoms with Gasteiger partial charge in [-0.25, -0.2) is 0 Å². The Bertz CT molecular complexity index is 333. The molecule has 0 radical (unpaired) electrons. The van der Waals surface area contributed by atoms with Crippen molar-refractivity contribution in [2.24, 2.45) is 37.6 Å². The fraction of sp³-hybridized carbons (Fsp3) is 0.500. The number of hydrogen-bond donors (Lipinski definition) is 4. The fourth-order valence-electron chi connectivity index (χ4n) is 1.30. The van der Waals surface area contributed by atoms with Crippen molar-refractivity contribution in [2.45, 2.75) is 25.7 Å². The molecular formula is C8H18Cl2N8. The van der Waals surface area contributed by atoms with E-state index in [0.717, 1.165) is 43.4 Å². The molecule has 0 saturated heterocycles. The lowest BCUT2D eigenvalue weighted by atomic mass is 9.97. The zero-order valence-corrected chi connectivity index (χ0v) is 11.4. The van der Waals surface area contributed by atoms with Crippen LogP contribution in [0.3, 0.4) is 0 Å². The summed E-state index contributed by atoms with van der Waals surface area (Å²) in [6, 6.07) is 0. The minimum absolute atomic E-state index is 0. The number of nitrogens with one attached hydrogen (secondary N) is 1. The van der Waals surface area contributed by atoms with Gasteiger partial charge in [0.25, 0.3) is 0 Å². The van der Waals surface area contributed by atoms with Crippen molar-refractivity contribution in [3.63, 3.8) is 0 Å². The number of guanidine groups is 1. The molecule has 0 atom stereocenters. The molecule has 1 saturated carbocycles. The Kier molecular flexibility index (Phi) is 11.1. The van der Waals surface area contributed by atoms with Gasteiger partial charge in [-0.15, -0.1) is 35.0 Å². The van der Waals surface area contributed by atoms with Gasteiger partial charge < -0.3 is 17.2 Å². The Morgan fingerprint density at radius 3 is 2.11 bits per heavy atom. The van der Waals surface area contributed by atoms with Crippen LogP contribution in [0.15, 0.2) is 20.4 Å². The van der Waals surface area contributed by atoms with E-state index < -0.39 is 0 Å². The molecular weight excluding hydrogens is 279 g/mol. The van der Waals surface area contributed by atoms with E-state index in [4.69, 9.17) is 17.2 Å². The van der Waals surface area contributed by atoms with Gasteiger partial charge >= 0.3 is 0 Å². The molecule has 10 heteroatoms. The molecule has 7 N–H and O–H groups in total. The van der Waals surface area contributed by atoms with Crippen LogP contribution in [-0.2, 0) is 0 Å². The Labute approximate surface area is 118 Å². The number of rotatable bonds is 3.